The summed E-state index contributed by atoms with van der Waals surface area (Å²) in [5.41, 5.74) is 5.74. The maximum atomic E-state index is 5.21. The molecule has 3 nitrogen and oxygen atoms in total. The van der Waals surface area contributed by atoms with Gasteiger partial charge in [0.1, 0.15) is 5.75 Å². The molecule has 1 aromatic heterocycles. The van der Waals surface area contributed by atoms with Crippen LogP contribution in [0.5, 0.6) is 5.75 Å². The van der Waals surface area contributed by atoms with E-state index in [1.165, 1.54) is 16.6 Å². The quantitative estimate of drug-likeness (QED) is 0.684. The zero-order valence-electron chi connectivity index (χ0n) is 13.3. The third kappa shape index (κ3) is 2.44. The van der Waals surface area contributed by atoms with Gasteiger partial charge in [-0.05, 0) is 42.8 Å². The van der Waals surface area contributed by atoms with Gasteiger partial charge >= 0.3 is 0 Å². The average molecular weight is 302 g/mol. The highest BCUT2D eigenvalue weighted by atomic mass is 16.5. The van der Waals surface area contributed by atoms with Crippen molar-refractivity contribution in [3.05, 3.63) is 71.6 Å². The maximum absolute atomic E-state index is 5.21. The Hall–Kier alpha value is -2.81. The molecular weight excluding hydrogens is 284 g/mol. The molecule has 23 heavy (non-hydrogen) atoms. The van der Waals surface area contributed by atoms with Crippen LogP contribution in [0, 0.1) is 0 Å². The van der Waals surface area contributed by atoms with Crippen LogP contribution in [0.15, 0.2) is 65.3 Å². The lowest BCUT2D eigenvalue weighted by Crippen LogP contribution is -2.14. The number of hydrogen-bond acceptors (Lipinski definition) is 2. The molecule has 2 aromatic carbocycles. The molecule has 0 N–H and O–H groups in total. The van der Waals surface area contributed by atoms with Crippen molar-refractivity contribution in [2.75, 3.05) is 7.11 Å². The van der Waals surface area contributed by atoms with Crippen molar-refractivity contribution in [2.24, 2.45) is 4.99 Å². The number of rotatable bonds is 2. The number of fused-ring (bicyclic) bond motifs is 3. The lowest BCUT2D eigenvalue weighted by Gasteiger charge is -2.17. The van der Waals surface area contributed by atoms with E-state index in [9.17, 15) is 0 Å². The first-order chi connectivity index (χ1) is 11.2. The van der Waals surface area contributed by atoms with E-state index >= 15 is 0 Å². The smallest absolute Gasteiger partial charge is 0.118 e. The van der Waals surface area contributed by atoms with Gasteiger partial charge in [0.2, 0.25) is 0 Å². The first-order valence-corrected chi connectivity index (χ1v) is 7.73. The summed E-state index contributed by atoms with van der Waals surface area (Å²) in [6, 6.07) is 18.8. The molecule has 4 rings (SSSR count). The molecule has 0 unspecified atom stereocenters. The second-order valence-corrected chi connectivity index (χ2v) is 5.78. The molecule has 0 spiro atoms. The molecule has 0 fully saturated rings. The van der Waals surface area contributed by atoms with Gasteiger partial charge in [0.25, 0.3) is 0 Å². The SMILES string of the molecule is COc1ccc(/C=C2/Cn3c(cc4ccccc43)C(C)=N2)cc1. The molecule has 3 aromatic rings. The fourth-order valence-corrected chi connectivity index (χ4v) is 3.12. The largest absolute Gasteiger partial charge is 0.497 e. The third-order valence-electron chi connectivity index (χ3n) is 4.26. The minimum Gasteiger partial charge on any atom is -0.497 e. The fourth-order valence-electron chi connectivity index (χ4n) is 3.12. The van der Waals surface area contributed by atoms with E-state index in [0.29, 0.717) is 0 Å². The molecule has 0 saturated carbocycles. The fraction of sp³-hybridized carbons (Fsp3) is 0.150. The minimum atomic E-state index is 0.798. The third-order valence-corrected chi connectivity index (χ3v) is 4.26. The second kappa shape index (κ2) is 5.43. The topological polar surface area (TPSA) is 26.5 Å². The summed E-state index contributed by atoms with van der Waals surface area (Å²) < 4.78 is 7.55. The van der Waals surface area contributed by atoms with Crippen LogP contribution in [0.4, 0.5) is 0 Å². The molecule has 0 radical (unpaired) electrons. The van der Waals surface area contributed by atoms with Gasteiger partial charge in [0.05, 0.1) is 30.8 Å². The van der Waals surface area contributed by atoms with Crippen LogP contribution in [0.3, 0.4) is 0 Å². The van der Waals surface area contributed by atoms with Crippen molar-refractivity contribution in [1.82, 2.24) is 4.57 Å². The van der Waals surface area contributed by atoms with Crippen LogP contribution in [-0.4, -0.2) is 17.4 Å². The van der Waals surface area contributed by atoms with Crippen molar-refractivity contribution in [2.45, 2.75) is 13.5 Å². The molecule has 0 bridgehead atoms. The number of ether oxygens (including phenoxy) is 1. The Morgan fingerprint density at radius 3 is 2.65 bits per heavy atom. The highest BCUT2D eigenvalue weighted by Crippen LogP contribution is 2.26. The first kappa shape index (κ1) is 13.8. The van der Waals surface area contributed by atoms with Crippen LogP contribution >= 0.6 is 0 Å². The molecule has 114 valence electrons. The number of methoxy groups -OCH3 is 1. The number of para-hydroxylation sites is 1. The summed E-state index contributed by atoms with van der Waals surface area (Å²) in [7, 11) is 1.68. The van der Waals surface area contributed by atoms with E-state index in [4.69, 9.17) is 9.73 Å². The van der Waals surface area contributed by atoms with Gasteiger partial charge in [-0.25, -0.2) is 0 Å². The zero-order valence-corrected chi connectivity index (χ0v) is 13.3. The van der Waals surface area contributed by atoms with Crippen LogP contribution < -0.4 is 4.74 Å². The Morgan fingerprint density at radius 1 is 1.09 bits per heavy atom. The molecule has 1 aliphatic rings. The normalized spacial score (nSPS) is 15.6. The lowest BCUT2D eigenvalue weighted by molar-refractivity contribution is 0.415. The van der Waals surface area contributed by atoms with Crippen molar-refractivity contribution in [3.8, 4) is 5.75 Å². The summed E-state index contributed by atoms with van der Waals surface area (Å²) in [6.07, 6.45) is 2.14. The molecule has 1 aliphatic heterocycles. The van der Waals surface area contributed by atoms with Crippen LogP contribution in [0.2, 0.25) is 0 Å². The number of allylic oxidation sites excluding steroid dienone is 1. The van der Waals surface area contributed by atoms with E-state index < -0.39 is 0 Å². The number of benzene rings is 2. The summed E-state index contributed by atoms with van der Waals surface area (Å²) >= 11 is 0. The van der Waals surface area contributed by atoms with Crippen molar-refractivity contribution < 1.29 is 4.74 Å². The number of aromatic nitrogens is 1. The highest BCUT2D eigenvalue weighted by molar-refractivity contribution is 6.03. The van der Waals surface area contributed by atoms with Gasteiger partial charge in [0.15, 0.2) is 0 Å². The molecule has 0 amide bonds. The van der Waals surface area contributed by atoms with Gasteiger partial charge in [0, 0.05) is 10.9 Å². The summed E-state index contributed by atoms with van der Waals surface area (Å²) in [5.74, 6) is 0.870. The zero-order chi connectivity index (χ0) is 15.8. The summed E-state index contributed by atoms with van der Waals surface area (Å²) in [4.78, 5) is 4.78. The van der Waals surface area contributed by atoms with Crippen LogP contribution in [0.25, 0.3) is 17.0 Å². The monoisotopic (exact) mass is 302 g/mol. The maximum Gasteiger partial charge on any atom is 0.118 e. The van der Waals surface area contributed by atoms with Gasteiger partial charge < -0.3 is 9.30 Å². The standard InChI is InChI=1S/C20H18N2O/c1-14-20-12-16-5-3-4-6-19(16)22(20)13-17(21-14)11-15-7-9-18(23-2)10-8-15/h3-12H,13H2,1-2H3/b17-11-. The first-order valence-electron chi connectivity index (χ1n) is 7.73. The van der Waals surface area contributed by atoms with Crippen molar-refractivity contribution in [3.63, 3.8) is 0 Å². The summed E-state index contributed by atoms with van der Waals surface area (Å²) in [6.45, 7) is 2.87. The minimum absolute atomic E-state index is 0.798. The van der Waals surface area contributed by atoms with E-state index in [0.717, 1.165) is 29.3 Å². The Kier molecular flexibility index (Phi) is 3.27. The Bertz CT molecular complexity index is 930. The predicted molar refractivity (Wildman–Crippen MR) is 95.1 cm³/mol. The van der Waals surface area contributed by atoms with E-state index in [2.05, 4.69) is 60.0 Å². The predicted octanol–water partition coefficient (Wildman–Crippen LogP) is 4.51. The van der Waals surface area contributed by atoms with Gasteiger partial charge in [-0.2, -0.15) is 0 Å². The molecule has 3 heteroatoms. The summed E-state index contributed by atoms with van der Waals surface area (Å²) in [5, 5.41) is 1.27. The van der Waals surface area contributed by atoms with Gasteiger partial charge in [-0.15, -0.1) is 0 Å². The second-order valence-electron chi connectivity index (χ2n) is 5.78. The van der Waals surface area contributed by atoms with E-state index in [1.54, 1.807) is 7.11 Å². The Balaban J connectivity index is 1.75. The molecular formula is C20H18N2O. The van der Waals surface area contributed by atoms with Crippen LogP contribution in [-0.2, 0) is 6.54 Å². The molecule has 2 heterocycles. The molecule has 0 saturated heterocycles. The van der Waals surface area contributed by atoms with Gasteiger partial charge in [-0.3, -0.25) is 4.99 Å². The number of hydrogen-bond donors (Lipinski definition) is 0. The van der Waals surface area contributed by atoms with Gasteiger partial charge in [-0.1, -0.05) is 30.3 Å². The van der Waals surface area contributed by atoms with Crippen molar-refractivity contribution in [1.29, 1.82) is 0 Å². The average Bonchev–Trinajstić information content (AvgIpc) is 2.95. The van der Waals surface area contributed by atoms with E-state index in [-0.39, 0.29) is 0 Å². The molecule has 0 aliphatic carbocycles. The Labute approximate surface area is 135 Å². The highest BCUT2D eigenvalue weighted by Gasteiger charge is 2.16. The van der Waals surface area contributed by atoms with Crippen LogP contribution in [0.1, 0.15) is 18.2 Å². The number of aliphatic imine (C=N–C) groups is 1. The number of nitrogens with zero attached hydrogens (tertiary/aromatic N) is 2. The van der Waals surface area contributed by atoms with Crippen molar-refractivity contribution >= 4 is 22.7 Å². The lowest BCUT2D eigenvalue weighted by atomic mass is 10.1. The van der Waals surface area contributed by atoms with E-state index in [1.807, 2.05) is 12.1 Å². The molecule has 0 atom stereocenters. The Morgan fingerprint density at radius 2 is 1.87 bits per heavy atom.